The summed E-state index contributed by atoms with van der Waals surface area (Å²) in [5, 5.41) is 0. The molecule has 0 fully saturated rings. The topological polar surface area (TPSA) is 18.5 Å². The molecule has 0 heterocycles. The van der Waals surface area contributed by atoms with E-state index in [2.05, 4.69) is 13.2 Å². The Labute approximate surface area is 85.0 Å². The van der Waals surface area contributed by atoms with E-state index in [-0.39, 0.29) is 0 Å². The van der Waals surface area contributed by atoms with Gasteiger partial charge in [-0.05, 0) is 6.92 Å². The molecule has 0 aliphatic carbocycles. The Balaban J connectivity index is 2.85. The Hall–Kier alpha value is -1.64. The van der Waals surface area contributed by atoms with E-state index in [4.69, 9.17) is 9.31 Å². The van der Waals surface area contributed by atoms with E-state index in [1.807, 2.05) is 31.2 Å². The average Bonchev–Trinajstić information content (AvgIpc) is 2.17. The molecule has 0 aliphatic heterocycles. The van der Waals surface area contributed by atoms with E-state index >= 15 is 0 Å². The van der Waals surface area contributed by atoms with E-state index in [1.54, 1.807) is 0 Å². The highest BCUT2D eigenvalue weighted by Gasteiger charge is 2.22. The molecule has 2 nitrogen and oxygen atoms in total. The van der Waals surface area contributed by atoms with Crippen LogP contribution in [-0.4, -0.2) is 7.12 Å². The van der Waals surface area contributed by atoms with E-state index in [0.29, 0.717) is 0 Å². The monoisotopic (exact) mass is 188 g/mol. The lowest BCUT2D eigenvalue weighted by molar-refractivity contribution is 0.359. The first-order chi connectivity index (χ1) is 6.77. The minimum Gasteiger partial charge on any atom is -0.529 e. The molecular weight excluding hydrogens is 175 g/mol. The van der Waals surface area contributed by atoms with Gasteiger partial charge in [-0.3, -0.25) is 0 Å². The minimum atomic E-state index is -0.454. The van der Waals surface area contributed by atoms with Crippen LogP contribution in [0, 0.1) is 6.92 Å². The van der Waals surface area contributed by atoms with E-state index in [9.17, 15) is 0 Å². The Morgan fingerprint density at radius 1 is 1.21 bits per heavy atom. The lowest BCUT2D eigenvalue weighted by atomic mass is 9.78. The van der Waals surface area contributed by atoms with Crippen LogP contribution in [0.4, 0.5) is 0 Å². The number of aryl methyl sites for hydroxylation is 1. The van der Waals surface area contributed by atoms with Crippen LogP contribution in [-0.2, 0) is 9.31 Å². The number of hydrogen-bond donors (Lipinski definition) is 0. The molecule has 0 aliphatic rings. The highest BCUT2D eigenvalue weighted by atomic mass is 16.6. The van der Waals surface area contributed by atoms with Gasteiger partial charge < -0.3 is 9.31 Å². The zero-order valence-electron chi connectivity index (χ0n) is 8.27. The quantitative estimate of drug-likeness (QED) is 0.519. The Morgan fingerprint density at radius 3 is 2.36 bits per heavy atom. The van der Waals surface area contributed by atoms with Gasteiger partial charge in [-0.2, -0.15) is 0 Å². The van der Waals surface area contributed by atoms with Gasteiger partial charge in [0.1, 0.15) is 0 Å². The summed E-state index contributed by atoms with van der Waals surface area (Å²) in [6, 6.07) is 7.90. The summed E-state index contributed by atoms with van der Waals surface area (Å²) < 4.78 is 10.4. The second-order valence-electron chi connectivity index (χ2n) is 2.85. The molecule has 1 aromatic carbocycles. The molecule has 0 amide bonds. The number of rotatable bonds is 5. The molecule has 14 heavy (non-hydrogen) atoms. The van der Waals surface area contributed by atoms with Crippen molar-refractivity contribution < 1.29 is 9.31 Å². The zero-order chi connectivity index (χ0) is 10.4. The van der Waals surface area contributed by atoms with Gasteiger partial charge in [0.15, 0.2) is 0 Å². The SMILES string of the molecule is C=COB(OC=C)c1cccc(C)c1. The summed E-state index contributed by atoms with van der Waals surface area (Å²) in [4.78, 5) is 0. The second-order valence-corrected chi connectivity index (χ2v) is 2.85. The Morgan fingerprint density at radius 2 is 1.86 bits per heavy atom. The molecule has 0 aromatic heterocycles. The maximum absolute atomic E-state index is 5.19. The Bertz CT molecular complexity index is 313. The first kappa shape index (κ1) is 10.4. The predicted molar refractivity (Wildman–Crippen MR) is 59.1 cm³/mol. The average molecular weight is 188 g/mol. The van der Waals surface area contributed by atoms with Gasteiger partial charge >= 0.3 is 7.12 Å². The third-order valence-corrected chi connectivity index (χ3v) is 1.75. The zero-order valence-corrected chi connectivity index (χ0v) is 8.27. The predicted octanol–water partition coefficient (Wildman–Crippen LogP) is 2.01. The highest BCUT2D eigenvalue weighted by Crippen LogP contribution is 1.98. The summed E-state index contributed by atoms with van der Waals surface area (Å²) in [6.07, 6.45) is 2.72. The van der Waals surface area contributed by atoms with Crippen LogP contribution in [0.25, 0.3) is 0 Å². The van der Waals surface area contributed by atoms with Crippen molar-refractivity contribution in [2.75, 3.05) is 0 Å². The lowest BCUT2D eigenvalue weighted by Gasteiger charge is -2.10. The van der Waals surface area contributed by atoms with Crippen LogP contribution in [0.3, 0.4) is 0 Å². The molecule has 0 saturated heterocycles. The van der Waals surface area contributed by atoms with Crippen LogP contribution in [0.2, 0.25) is 0 Å². The molecule has 0 spiro atoms. The van der Waals surface area contributed by atoms with Crippen molar-refractivity contribution in [1.29, 1.82) is 0 Å². The molecule has 0 bridgehead atoms. The molecule has 1 aromatic rings. The largest absolute Gasteiger partial charge is 0.631 e. The fraction of sp³-hybridized carbons (Fsp3) is 0.0909. The minimum absolute atomic E-state index is 0.454. The number of benzene rings is 1. The van der Waals surface area contributed by atoms with Crippen molar-refractivity contribution in [3.05, 3.63) is 55.5 Å². The number of hydrogen-bond acceptors (Lipinski definition) is 2. The molecule has 3 heteroatoms. The summed E-state index contributed by atoms with van der Waals surface area (Å²) in [5.74, 6) is 0. The van der Waals surface area contributed by atoms with Gasteiger partial charge in [-0.1, -0.05) is 43.0 Å². The van der Waals surface area contributed by atoms with Crippen LogP contribution >= 0.6 is 0 Å². The van der Waals surface area contributed by atoms with Gasteiger partial charge in [0.05, 0.1) is 12.5 Å². The first-order valence-corrected chi connectivity index (χ1v) is 4.37. The molecule has 1 rings (SSSR count). The highest BCUT2D eigenvalue weighted by molar-refractivity contribution is 6.61. The molecule has 0 unspecified atom stereocenters. The van der Waals surface area contributed by atoms with Crippen molar-refractivity contribution in [2.45, 2.75) is 6.92 Å². The molecule has 0 N–H and O–H groups in total. The standard InChI is InChI=1S/C11H13BO2/c1-4-13-12(14-5-2)11-8-6-7-10(3)9-11/h4-9H,1-2H2,3H3. The molecule has 0 atom stereocenters. The van der Waals surface area contributed by atoms with Crippen molar-refractivity contribution in [3.63, 3.8) is 0 Å². The smallest absolute Gasteiger partial charge is 0.529 e. The van der Waals surface area contributed by atoms with E-state index < -0.39 is 7.12 Å². The molecule has 0 saturated carbocycles. The third-order valence-electron chi connectivity index (χ3n) is 1.75. The van der Waals surface area contributed by atoms with Gasteiger partial charge in [0.2, 0.25) is 0 Å². The van der Waals surface area contributed by atoms with Crippen molar-refractivity contribution in [3.8, 4) is 0 Å². The van der Waals surface area contributed by atoms with Crippen LogP contribution in [0.15, 0.2) is 49.9 Å². The fourth-order valence-electron chi connectivity index (χ4n) is 1.18. The summed E-state index contributed by atoms with van der Waals surface area (Å²) >= 11 is 0. The van der Waals surface area contributed by atoms with Gasteiger partial charge in [-0.15, -0.1) is 0 Å². The van der Waals surface area contributed by atoms with Gasteiger partial charge in [-0.25, -0.2) is 0 Å². The second kappa shape index (κ2) is 5.17. The van der Waals surface area contributed by atoms with Crippen LogP contribution < -0.4 is 5.46 Å². The van der Waals surface area contributed by atoms with Crippen molar-refractivity contribution in [2.24, 2.45) is 0 Å². The molecule has 72 valence electrons. The van der Waals surface area contributed by atoms with Gasteiger partial charge in [0.25, 0.3) is 0 Å². The first-order valence-electron chi connectivity index (χ1n) is 4.37. The molecule has 0 radical (unpaired) electrons. The maximum Gasteiger partial charge on any atom is 0.631 e. The van der Waals surface area contributed by atoms with Crippen LogP contribution in [0.5, 0.6) is 0 Å². The lowest BCUT2D eigenvalue weighted by Crippen LogP contribution is -2.33. The van der Waals surface area contributed by atoms with Crippen molar-refractivity contribution >= 4 is 12.6 Å². The maximum atomic E-state index is 5.19. The molecular formula is C11H13BO2. The van der Waals surface area contributed by atoms with Crippen molar-refractivity contribution in [1.82, 2.24) is 0 Å². The van der Waals surface area contributed by atoms with Crippen LogP contribution in [0.1, 0.15) is 5.56 Å². The van der Waals surface area contributed by atoms with E-state index in [1.165, 1.54) is 12.5 Å². The summed E-state index contributed by atoms with van der Waals surface area (Å²) in [6.45, 7) is 9.00. The summed E-state index contributed by atoms with van der Waals surface area (Å²) in [7, 11) is -0.454. The fourth-order valence-corrected chi connectivity index (χ4v) is 1.18. The Kier molecular flexibility index (Phi) is 3.86. The third kappa shape index (κ3) is 2.70. The van der Waals surface area contributed by atoms with E-state index in [0.717, 1.165) is 11.0 Å². The summed E-state index contributed by atoms with van der Waals surface area (Å²) in [5.41, 5.74) is 2.11. The normalized spacial score (nSPS) is 8.93. The van der Waals surface area contributed by atoms with Gasteiger partial charge in [0, 0.05) is 5.46 Å².